The van der Waals surface area contributed by atoms with Gasteiger partial charge in [0.25, 0.3) is 5.56 Å². The van der Waals surface area contributed by atoms with E-state index in [-0.39, 0.29) is 16.9 Å². The lowest BCUT2D eigenvalue weighted by molar-refractivity contribution is 0.483. The quantitative estimate of drug-likeness (QED) is 0.442. The Balaban J connectivity index is 1.68. The number of fused-ring (bicyclic) bond motifs is 1. The third kappa shape index (κ3) is 2.62. The van der Waals surface area contributed by atoms with Crippen molar-refractivity contribution < 1.29 is 9.52 Å². The SMILES string of the molecule is O=c1[nH]c2scc(-c3ccc(-c4ccoc4)cc3)c2c(O)c1-c1ccncc1. The number of rotatable bonds is 3. The zero-order chi connectivity index (χ0) is 19.1. The number of furan rings is 1. The summed E-state index contributed by atoms with van der Waals surface area (Å²) in [7, 11) is 0. The van der Waals surface area contributed by atoms with Crippen molar-refractivity contribution in [3.8, 4) is 39.1 Å². The first-order valence-corrected chi connectivity index (χ1v) is 9.50. The van der Waals surface area contributed by atoms with Gasteiger partial charge in [0.15, 0.2) is 0 Å². The van der Waals surface area contributed by atoms with Crippen LogP contribution in [-0.4, -0.2) is 15.1 Å². The van der Waals surface area contributed by atoms with Gasteiger partial charge in [0.1, 0.15) is 10.6 Å². The highest BCUT2D eigenvalue weighted by Crippen LogP contribution is 2.41. The fourth-order valence-electron chi connectivity index (χ4n) is 3.35. The van der Waals surface area contributed by atoms with Crippen molar-refractivity contribution in [3.63, 3.8) is 0 Å². The summed E-state index contributed by atoms with van der Waals surface area (Å²) in [6.45, 7) is 0. The van der Waals surface area contributed by atoms with Crippen LogP contribution in [-0.2, 0) is 0 Å². The molecule has 0 saturated heterocycles. The van der Waals surface area contributed by atoms with E-state index in [1.165, 1.54) is 11.3 Å². The van der Waals surface area contributed by atoms with Crippen molar-refractivity contribution in [2.45, 2.75) is 0 Å². The number of aromatic nitrogens is 2. The van der Waals surface area contributed by atoms with Gasteiger partial charge >= 0.3 is 0 Å². The molecular formula is C22H14N2O3S. The maximum atomic E-state index is 12.5. The lowest BCUT2D eigenvalue weighted by atomic mass is 9.99. The Labute approximate surface area is 163 Å². The number of nitrogens with one attached hydrogen (secondary N) is 1. The van der Waals surface area contributed by atoms with Crippen LogP contribution in [0.25, 0.3) is 43.6 Å². The fourth-order valence-corrected chi connectivity index (χ4v) is 4.32. The van der Waals surface area contributed by atoms with Gasteiger partial charge in [-0.05, 0) is 34.9 Å². The van der Waals surface area contributed by atoms with Gasteiger partial charge in [-0.25, -0.2) is 0 Å². The van der Waals surface area contributed by atoms with E-state index in [9.17, 15) is 9.90 Å². The van der Waals surface area contributed by atoms with E-state index in [1.54, 1.807) is 37.1 Å². The second-order valence-corrected chi connectivity index (χ2v) is 7.24. The predicted octanol–water partition coefficient (Wildman–Crippen LogP) is 5.28. The largest absolute Gasteiger partial charge is 0.506 e. The minimum Gasteiger partial charge on any atom is -0.506 e. The molecule has 136 valence electrons. The molecule has 0 unspecified atom stereocenters. The number of nitrogens with zero attached hydrogens (tertiary/aromatic N) is 1. The lowest BCUT2D eigenvalue weighted by Gasteiger charge is -2.08. The minimum absolute atomic E-state index is 0.0138. The number of benzene rings is 1. The molecule has 0 spiro atoms. The Morgan fingerprint density at radius 2 is 1.68 bits per heavy atom. The summed E-state index contributed by atoms with van der Waals surface area (Å²) in [4.78, 5) is 20.1. The smallest absolute Gasteiger partial charge is 0.260 e. The Bertz CT molecular complexity index is 1320. The van der Waals surface area contributed by atoms with Crippen LogP contribution in [0.15, 0.2) is 82.0 Å². The zero-order valence-electron chi connectivity index (χ0n) is 14.5. The van der Waals surface area contributed by atoms with E-state index >= 15 is 0 Å². The lowest BCUT2D eigenvalue weighted by Crippen LogP contribution is -2.08. The number of hydrogen-bond acceptors (Lipinski definition) is 5. The number of hydrogen-bond donors (Lipinski definition) is 2. The third-order valence-electron chi connectivity index (χ3n) is 4.74. The van der Waals surface area contributed by atoms with Crippen LogP contribution in [0.3, 0.4) is 0 Å². The molecule has 5 rings (SSSR count). The van der Waals surface area contributed by atoms with E-state index in [0.29, 0.717) is 15.8 Å². The van der Waals surface area contributed by atoms with Crippen LogP contribution in [0.5, 0.6) is 5.75 Å². The Morgan fingerprint density at radius 3 is 2.39 bits per heavy atom. The maximum absolute atomic E-state index is 12.5. The molecule has 5 nitrogen and oxygen atoms in total. The number of H-pyrrole nitrogens is 1. The predicted molar refractivity (Wildman–Crippen MR) is 110 cm³/mol. The van der Waals surface area contributed by atoms with Crippen molar-refractivity contribution >= 4 is 21.6 Å². The highest BCUT2D eigenvalue weighted by atomic mass is 32.1. The second-order valence-electron chi connectivity index (χ2n) is 6.36. The maximum Gasteiger partial charge on any atom is 0.260 e. The van der Waals surface area contributed by atoms with Gasteiger partial charge < -0.3 is 14.5 Å². The number of thiophene rings is 1. The average molecular weight is 386 g/mol. The summed E-state index contributed by atoms with van der Waals surface area (Å²) in [5.74, 6) is -0.0138. The van der Waals surface area contributed by atoms with E-state index in [0.717, 1.165) is 22.3 Å². The fraction of sp³-hybridized carbons (Fsp3) is 0. The van der Waals surface area contributed by atoms with Crippen LogP contribution in [0, 0.1) is 0 Å². The number of aromatic amines is 1. The third-order valence-corrected chi connectivity index (χ3v) is 5.63. The van der Waals surface area contributed by atoms with Crippen LogP contribution in [0.1, 0.15) is 0 Å². The van der Waals surface area contributed by atoms with Gasteiger partial charge in [0.2, 0.25) is 0 Å². The topological polar surface area (TPSA) is 79.1 Å². The molecule has 28 heavy (non-hydrogen) atoms. The molecule has 1 aromatic carbocycles. The van der Waals surface area contributed by atoms with Crippen LogP contribution >= 0.6 is 11.3 Å². The van der Waals surface area contributed by atoms with E-state index < -0.39 is 0 Å². The monoisotopic (exact) mass is 386 g/mol. The van der Waals surface area contributed by atoms with Crippen molar-refractivity contribution in [1.29, 1.82) is 0 Å². The van der Waals surface area contributed by atoms with Crippen LogP contribution < -0.4 is 5.56 Å². The van der Waals surface area contributed by atoms with Crippen molar-refractivity contribution in [3.05, 3.63) is 83.1 Å². The molecule has 4 aromatic heterocycles. The van der Waals surface area contributed by atoms with Gasteiger partial charge in [-0.3, -0.25) is 9.78 Å². The van der Waals surface area contributed by atoms with Crippen molar-refractivity contribution in [2.24, 2.45) is 0 Å². The van der Waals surface area contributed by atoms with Crippen LogP contribution in [0.4, 0.5) is 0 Å². The molecule has 5 aromatic rings. The number of aromatic hydroxyl groups is 1. The van der Waals surface area contributed by atoms with Crippen LogP contribution in [0.2, 0.25) is 0 Å². The highest BCUT2D eigenvalue weighted by Gasteiger charge is 2.18. The summed E-state index contributed by atoms with van der Waals surface area (Å²) in [6, 6.07) is 13.4. The van der Waals surface area contributed by atoms with Gasteiger partial charge in [-0.15, -0.1) is 11.3 Å². The van der Waals surface area contributed by atoms with E-state index in [4.69, 9.17) is 4.42 Å². The van der Waals surface area contributed by atoms with Gasteiger partial charge in [0, 0.05) is 28.9 Å². The molecule has 2 N–H and O–H groups in total. The molecule has 0 amide bonds. The second kappa shape index (κ2) is 6.51. The summed E-state index contributed by atoms with van der Waals surface area (Å²) < 4.78 is 5.14. The Kier molecular flexibility index (Phi) is 3.84. The minimum atomic E-state index is -0.320. The first-order valence-electron chi connectivity index (χ1n) is 8.62. The molecular weight excluding hydrogens is 372 g/mol. The molecule has 0 atom stereocenters. The van der Waals surface area contributed by atoms with E-state index in [2.05, 4.69) is 9.97 Å². The Hall–Kier alpha value is -3.64. The summed E-state index contributed by atoms with van der Waals surface area (Å²) in [5, 5.41) is 13.6. The molecule has 6 heteroatoms. The Morgan fingerprint density at radius 1 is 0.929 bits per heavy atom. The molecule has 0 saturated carbocycles. The first kappa shape index (κ1) is 16.5. The van der Waals surface area contributed by atoms with Gasteiger partial charge in [0.05, 0.1) is 23.5 Å². The van der Waals surface area contributed by atoms with Gasteiger partial charge in [-0.1, -0.05) is 24.3 Å². The molecule has 4 heterocycles. The summed E-state index contributed by atoms with van der Waals surface area (Å²) in [5.41, 5.74) is 4.46. The molecule has 0 aliphatic rings. The normalized spacial score (nSPS) is 11.1. The van der Waals surface area contributed by atoms with E-state index in [1.807, 2.05) is 35.7 Å². The van der Waals surface area contributed by atoms with Crippen molar-refractivity contribution in [1.82, 2.24) is 9.97 Å². The zero-order valence-corrected chi connectivity index (χ0v) is 15.4. The summed E-state index contributed by atoms with van der Waals surface area (Å²) in [6.07, 6.45) is 6.54. The average Bonchev–Trinajstić information content (AvgIpc) is 3.39. The molecule has 0 fully saturated rings. The van der Waals surface area contributed by atoms with Crippen molar-refractivity contribution in [2.75, 3.05) is 0 Å². The first-order chi connectivity index (χ1) is 13.7. The van der Waals surface area contributed by atoms with Gasteiger partial charge in [-0.2, -0.15) is 0 Å². The molecule has 0 aliphatic carbocycles. The number of pyridine rings is 2. The summed E-state index contributed by atoms with van der Waals surface area (Å²) >= 11 is 1.40. The molecule has 0 aliphatic heterocycles. The molecule has 0 bridgehead atoms. The highest BCUT2D eigenvalue weighted by molar-refractivity contribution is 7.17. The molecule has 0 radical (unpaired) electrons. The standard InChI is InChI=1S/C22H14N2O3S/c25-20-18(15-5-8-23-9-6-15)21(26)24-22-19(20)17(12-28-22)14-3-1-13(2-4-14)16-7-10-27-11-16/h1-12H,(H2,24,25,26).